The zero-order chi connectivity index (χ0) is 22.2. The van der Waals surface area contributed by atoms with Gasteiger partial charge in [-0.05, 0) is 74.3 Å². The smallest absolute Gasteiger partial charge is 0.119 e. The van der Waals surface area contributed by atoms with E-state index in [1.54, 1.807) is 7.11 Å². The van der Waals surface area contributed by atoms with Crippen molar-refractivity contribution < 1.29 is 4.74 Å². The second-order valence-corrected chi connectivity index (χ2v) is 8.42. The molecule has 3 aromatic rings. The van der Waals surface area contributed by atoms with Crippen LogP contribution in [0, 0.1) is 11.8 Å². The van der Waals surface area contributed by atoms with Crippen molar-refractivity contribution in [1.29, 1.82) is 0 Å². The van der Waals surface area contributed by atoms with Crippen molar-refractivity contribution in [3.8, 4) is 17.6 Å². The van der Waals surface area contributed by atoms with Crippen LogP contribution in [0.4, 0.5) is 0 Å². The van der Waals surface area contributed by atoms with E-state index < -0.39 is 0 Å². The molecule has 1 unspecified atom stereocenters. The minimum absolute atomic E-state index is 0.322. The summed E-state index contributed by atoms with van der Waals surface area (Å²) in [6, 6.07) is 22.3. The van der Waals surface area contributed by atoms with Crippen molar-refractivity contribution in [2.75, 3.05) is 20.7 Å². The lowest BCUT2D eigenvalue weighted by molar-refractivity contribution is 0.259. The third-order valence-corrected chi connectivity index (χ3v) is 6.32. The Morgan fingerprint density at radius 2 is 1.71 bits per heavy atom. The molecule has 0 fully saturated rings. The van der Waals surface area contributed by atoms with Crippen LogP contribution in [0.3, 0.4) is 0 Å². The van der Waals surface area contributed by atoms with E-state index in [4.69, 9.17) is 27.9 Å². The van der Waals surface area contributed by atoms with Gasteiger partial charge in [-0.2, -0.15) is 0 Å². The van der Waals surface area contributed by atoms with Crippen molar-refractivity contribution in [2.45, 2.75) is 25.8 Å². The van der Waals surface area contributed by atoms with Gasteiger partial charge in [-0.25, -0.2) is 0 Å². The van der Waals surface area contributed by atoms with E-state index >= 15 is 0 Å². The SMILES string of the molecule is COc1ccc(C#Cc2ccccc2)c(CC(C)N(C)CCc2cccc(Cl)c2Cl)c1. The molecule has 3 aromatic carbocycles. The fraction of sp³-hybridized carbons (Fsp3) is 0.259. The lowest BCUT2D eigenvalue weighted by atomic mass is 9.99. The summed E-state index contributed by atoms with van der Waals surface area (Å²) in [6.07, 6.45) is 1.72. The minimum Gasteiger partial charge on any atom is -0.497 e. The molecular formula is C27H27Cl2NO. The van der Waals surface area contributed by atoms with Crippen LogP contribution in [0.25, 0.3) is 0 Å². The monoisotopic (exact) mass is 451 g/mol. The van der Waals surface area contributed by atoms with Crippen molar-refractivity contribution in [3.05, 3.63) is 99.0 Å². The van der Waals surface area contributed by atoms with Gasteiger partial charge in [0.15, 0.2) is 0 Å². The molecule has 0 radical (unpaired) electrons. The van der Waals surface area contributed by atoms with Gasteiger partial charge in [0.2, 0.25) is 0 Å². The van der Waals surface area contributed by atoms with E-state index in [1.165, 1.54) is 5.56 Å². The number of nitrogens with zero attached hydrogens (tertiary/aromatic N) is 1. The molecule has 0 aliphatic carbocycles. The zero-order valence-electron chi connectivity index (χ0n) is 18.2. The largest absolute Gasteiger partial charge is 0.497 e. The lowest BCUT2D eigenvalue weighted by Crippen LogP contribution is -2.32. The number of rotatable bonds is 7. The molecule has 0 heterocycles. The first-order valence-electron chi connectivity index (χ1n) is 10.3. The first kappa shape index (κ1) is 23.2. The molecule has 0 aliphatic heterocycles. The summed E-state index contributed by atoms with van der Waals surface area (Å²) in [7, 11) is 3.83. The number of likely N-dealkylation sites (N-methyl/N-ethyl adjacent to an activating group) is 1. The van der Waals surface area contributed by atoms with Gasteiger partial charge in [0.05, 0.1) is 17.2 Å². The van der Waals surface area contributed by atoms with Gasteiger partial charge in [0, 0.05) is 23.7 Å². The Morgan fingerprint density at radius 3 is 2.45 bits per heavy atom. The highest BCUT2D eigenvalue weighted by molar-refractivity contribution is 6.42. The van der Waals surface area contributed by atoms with Gasteiger partial charge < -0.3 is 9.64 Å². The fourth-order valence-electron chi connectivity index (χ4n) is 3.38. The van der Waals surface area contributed by atoms with Crippen LogP contribution >= 0.6 is 23.2 Å². The lowest BCUT2D eigenvalue weighted by Gasteiger charge is -2.25. The third kappa shape index (κ3) is 6.52. The summed E-state index contributed by atoms with van der Waals surface area (Å²) in [6.45, 7) is 3.11. The molecule has 1 atom stereocenters. The third-order valence-electron chi connectivity index (χ3n) is 5.46. The number of benzene rings is 3. The number of methoxy groups -OCH3 is 1. The molecule has 0 amide bonds. The van der Waals surface area contributed by atoms with Crippen LogP contribution in [-0.4, -0.2) is 31.6 Å². The maximum absolute atomic E-state index is 6.35. The van der Waals surface area contributed by atoms with Crippen molar-refractivity contribution in [2.24, 2.45) is 0 Å². The van der Waals surface area contributed by atoms with Crippen molar-refractivity contribution in [1.82, 2.24) is 4.90 Å². The Hall–Kier alpha value is -2.44. The topological polar surface area (TPSA) is 12.5 Å². The molecule has 4 heteroatoms. The van der Waals surface area contributed by atoms with Crippen LogP contribution < -0.4 is 4.74 Å². The van der Waals surface area contributed by atoms with E-state index in [9.17, 15) is 0 Å². The standard InChI is InChI=1S/C27H27Cl2NO/c1-20(30(2)17-16-23-10-7-11-26(28)27(23)29)18-24-19-25(31-3)15-14-22(24)13-12-21-8-5-4-6-9-21/h4-11,14-15,19-20H,16-18H2,1-3H3. The number of hydrogen-bond acceptors (Lipinski definition) is 2. The second-order valence-electron chi connectivity index (χ2n) is 7.64. The molecular weight excluding hydrogens is 425 g/mol. The molecule has 0 aliphatic rings. The van der Waals surface area contributed by atoms with Gasteiger partial charge in [-0.3, -0.25) is 0 Å². The number of hydrogen-bond donors (Lipinski definition) is 0. The maximum atomic E-state index is 6.35. The van der Waals surface area contributed by atoms with Gasteiger partial charge in [-0.1, -0.05) is 65.4 Å². The molecule has 0 saturated heterocycles. The van der Waals surface area contributed by atoms with Crippen molar-refractivity contribution in [3.63, 3.8) is 0 Å². The molecule has 0 spiro atoms. The molecule has 160 valence electrons. The van der Waals surface area contributed by atoms with Gasteiger partial charge in [-0.15, -0.1) is 0 Å². The van der Waals surface area contributed by atoms with Crippen LogP contribution in [-0.2, 0) is 12.8 Å². The summed E-state index contributed by atoms with van der Waals surface area (Å²) >= 11 is 12.5. The van der Waals surface area contributed by atoms with E-state index in [0.717, 1.165) is 41.8 Å². The molecule has 31 heavy (non-hydrogen) atoms. The van der Waals surface area contributed by atoms with Crippen LogP contribution in [0.15, 0.2) is 66.7 Å². The Balaban J connectivity index is 1.72. The second kappa shape index (κ2) is 11.3. The van der Waals surface area contributed by atoms with E-state index in [2.05, 4.69) is 36.8 Å². The average molecular weight is 452 g/mol. The number of ether oxygens (including phenoxy) is 1. The fourth-order valence-corrected chi connectivity index (χ4v) is 3.80. The van der Waals surface area contributed by atoms with E-state index in [0.29, 0.717) is 16.1 Å². The Labute approximate surface area is 195 Å². The van der Waals surface area contributed by atoms with Crippen LogP contribution in [0.1, 0.15) is 29.2 Å². The molecule has 2 nitrogen and oxygen atoms in total. The molecule has 3 rings (SSSR count). The Bertz CT molecular complexity index is 1070. The van der Waals surface area contributed by atoms with Gasteiger partial charge in [0.25, 0.3) is 0 Å². The van der Waals surface area contributed by atoms with Gasteiger partial charge >= 0.3 is 0 Å². The predicted molar refractivity (Wildman–Crippen MR) is 131 cm³/mol. The highest BCUT2D eigenvalue weighted by Crippen LogP contribution is 2.26. The molecule has 0 N–H and O–H groups in total. The quantitative estimate of drug-likeness (QED) is 0.379. The van der Waals surface area contributed by atoms with E-state index in [-0.39, 0.29) is 0 Å². The van der Waals surface area contributed by atoms with Crippen molar-refractivity contribution >= 4 is 23.2 Å². The van der Waals surface area contributed by atoms with Crippen LogP contribution in [0.5, 0.6) is 5.75 Å². The summed E-state index contributed by atoms with van der Waals surface area (Å²) < 4.78 is 5.46. The number of halogens is 2. The maximum Gasteiger partial charge on any atom is 0.119 e. The average Bonchev–Trinajstić information content (AvgIpc) is 2.79. The Morgan fingerprint density at radius 1 is 0.935 bits per heavy atom. The summed E-state index contributed by atoms with van der Waals surface area (Å²) in [5.74, 6) is 7.46. The molecule has 0 bridgehead atoms. The van der Waals surface area contributed by atoms with Crippen LogP contribution in [0.2, 0.25) is 10.0 Å². The summed E-state index contributed by atoms with van der Waals surface area (Å²) in [4.78, 5) is 2.34. The van der Waals surface area contributed by atoms with Gasteiger partial charge in [0.1, 0.15) is 5.75 Å². The first-order valence-corrected chi connectivity index (χ1v) is 11.1. The highest BCUT2D eigenvalue weighted by Gasteiger charge is 2.14. The summed E-state index contributed by atoms with van der Waals surface area (Å²) in [5, 5.41) is 1.25. The molecule has 0 aromatic heterocycles. The van der Waals surface area contributed by atoms with E-state index in [1.807, 2.05) is 60.7 Å². The zero-order valence-corrected chi connectivity index (χ0v) is 19.7. The highest BCUT2D eigenvalue weighted by atomic mass is 35.5. The first-order chi connectivity index (χ1) is 15.0. The normalized spacial score (nSPS) is 11.7. The Kier molecular flexibility index (Phi) is 8.43. The summed E-state index contributed by atoms with van der Waals surface area (Å²) in [5.41, 5.74) is 4.29. The minimum atomic E-state index is 0.322. The molecule has 0 saturated carbocycles. The predicted octanol–water partition coefficient (Wildman–Crippen LogP) is 6.51.